The Bertz CT molecular complexity index is 1270. The molecule has 35 heavy (non-hydrogen) atoms. The van der Waals surface area contributed by atoms with Gasteiger partial charge in [0.25, 0.3) is 0 Å². The number of nitrogens with one attached hydrogen (secondary N) is 1. The second kappa shape index (κ2) is 10.7. The zero-order valence-corrected chi connectivity index (χ0v) is 19.4. The molecule has 0 fully saturated rings. The maximum Gasteiger partial charge on any atom is 0.416 e. The van der Waals surface area contributed by atoms with E-state index in [2.05, 4.69) is 15.4 Å². The summed E-state index contributed by atoms with van der Waals surface area (Å²) < 4.78 is 51.7. The minimum Gasteiger partial charge on any atom is -0.460 e. The van der Waals surface area contributed by atoms with Crippen molar-refractivity contribution >= 4 is 22.9 Å². The molecule has 0 aliphatic rings. The molecule has 0 aliphatic heterocycles. The van der Waals surface area contributed by atoms with Crippen LogP contribution in [0.2, 0.25) is 0 Å². The van der Waals surface area contributed by atoms with Gasteiger partial charge in [-0.25, -0.2) is 4.68 Å². The number of methoxy groups -OCH3 is 1. The highest BCUT2D eigenvalue weighted by atomic mass is 32.1. The Hall–Kier alpha value is -3.70. The van der Waals surface area contributed by atoms with Gasteiger partial charge in [0.2, 0.25) is 5.91 Å². The van der Waals surface area contributed by atoms with E-state index < -0.39 is 11.7 Å². The van der Waals surface area contributed by atoms with Crippen LogP contribution in [-0.2, 0) is 22.1 Å². The number of amides is 1. The molecule has 1 amide bonds. The van der Waals surface area contributed by atoms with E-state index in [1.165, 1.54) is 35.3 Å². The third-order valence-electron chi connectivity index (χ3n) is 4.86. The van der Waals surface area contributed by atoms with E-state index in [4.69, 9.17) is 9.47 Å². The molecule has 0 aliphatic carbocycles. The van der Waals surface area contributed by atoms with E-state index in [1.807, 2.05) is 17.5 Å². The van der Waals surface area contributed by atoms with Crippen molar-refractivity contribution in [3.8, 4) is 23.1 Å². The van der Waals surface area contributed by atoms with Crippen LogP contribution < -0.4 is 10.1 Å². The lowest BCUT2D eigenvalue weighted by molar-refractivity contribution is -0.137. The summed E-state index contributed by atoms with van der Waals surface area (Å²) in [6.45, 7) is 0.477. The topological polar surface area (TPSA) is 78.3 Å². The monoisotopic (exact) mass is 502 g/mol. The molecule has 0 saturated heterocycles. The van der Waals surface area contributed by atoms with Crippen LogP contribution >= 0.6 is 11.3 Å². The Morgan fingerprint density at radius 2 is 1.89 bits per heavy atom. The molecule has 7 nitrogen and oxygen atoms in total. The lowest BCUT2D eigenvalue weighted by atomic mass is 10.1. The largest absolute Gasteiger partial charge is 0.460 e. The summed E-state index contributed by atoms with van der Waals surface area (Å²) >= 11 is 1.50. The maximum atomic E-state index is 13.3. The lowest BCUT2D eigenvalue weighted by Gasteiger charge is -2.10. The Morgan fingerprint density at radius 3 is 2.57 bits per heavy atom. The first-order valence-corrected chi connectivity index (χ1v) is 11.4. The molecule has 0 unspecified atom stereocenters. The molecule has 0 bridgehead atoms. The van der Waals surface area contributed by atoms with Crippen LogP contribution in [0.3, 0.4) is 0 Å². The van der Waals surface area contributed by atoms with Gasteiger partial charge < -0.3 is 14.8 Å². The van der Waals surface area contributed by atoms with Crippen LogP contribution in [-0.4, -0.2) is 41.0 Å². The normalized spacial score (nSPS) is 11.4. The molecular formula is C24H21F3N4O3S. The second-order valence-corrected chi connectivity index (χ2v) is 8.43. The molecule has 0 spiro atoms. The number of benzene rings is 2. The number of carbonyl (C=O) groups is 1. The number of ether oxygens (including phenoxy) is 2. The molecule has 2 aromatic carbocycles. The molecule has 1 N–H and O–H groups in total. The number of nitrogens with zero attached hydrogens (tertiary/aromatic N) is 3. The maximum absolute atomic E-state index is 13.3. The van der Waals surface area contributed by atoms with Crippen LogP contribution in [0.5, 0.6) is 6.01 Å². The Labute approximate surface area is 203 Å². The fourth-order valence-corrected chi connectivity index (χ4v) is 3.94. The molecule has 11 heteroatoms. The first kappa shape index (κ1) is 24.4. The van der Waals surface area contributed by atoms with Crippen molar-refractivity contribution < 1.29 is 27.4 Å². The highest BCUT2D eigenvalue weighted by Crippen LogP contribution is 2.33. The molecule has 4 rings (SSSR count). The highest BCUT2D eigenvalue weighted by Gasteiger charge is 2.31. The molecule has 2 heterocycles. The number of aromatic nitrogens is 3. The standard InChI is InChI=1S/C24H21F3N4O3S/c1-33-11-12-34-23-29-22(16-4-2-5-17(14-16)24(25,26)27)31(30-23)19-9-7-18(8-10-19)28-21(32)15-20-6-3-13-35-20/h2-10,13-14H,11-12,15H2,1H3,(H,28,32). The Kier molecular flexibility index (Phi) is 7.47. The van der Waals surface area contributed by atoms with Gasteiger partial charge in [0.1, 0.15) is 6.61 Å². The predicted molar refractivity (Wildman–Crippen MR) is 126 cm³/mol. The van der Waals surface area contributed by atoms with Crippen LogP contribution in [0.25, 0.3) is 17.1 Å². The van der Waals surface area contributed by atoms with Crippen molar-refractivity contribution in [1.82, 2.24) is 14.8 Å². The Morgan fingerprint density at radius 1 is 1.09 bits per heavy atom. The van der Waals surface area contributed by atoms with Gasteiger partial charge in [-0.3, -0.25) is 4.79 Å². The van der Waals surface area contributed by atoms with Crippen LogP contribution in [0.1, 0.15) is 10.4 Å². The van der Waals surface area contributed by atoms with Crippen LogP contribution in [0, 0.1) is 0 Å². The first-order chi connectivity index (χ1) is 16.8. The number of anilines is 1. The molecular weight excluding hydrogens is 481 g/mol. The summed E-state index contributed by atoms with van der Waals surface area (Å²) in [5.41, 5.74) is 0.535. The van der Waals surface area contributed by atoms with E-state index >= 15 is 0 Å². The lowest BCUT2D eigenvalue weighted by Crippen LogP contribution is -2.13. The van der Waals surface area contributed by atoms with E-state index in [0.717, 1.165) is 17.0 Å². The van der Waals surface area contributed by atoms with Gasteiger partial charge >= 0.3 is 12.2 Å². The smallest absolute Gasteiger partial charge is 0.416 e. The third-order valence-corrected chi connectivity index (χ3v) is 5.74. The van der Waals surface area contributed by atoms with Crippen molar-refractivity contribution in [2.24, 2.45) is 0 Å². The fourth-order valence-electron chi connectivity index (χ4n) is 3.23. The summed E-state index contributed by atoms with van der Waals surface area (Å²) in [4.78, 5) is 17.5. The minimum atomic E-state index is -4.50. The number of carbonyl (C=O) groups excluding carboxylic acids is 1. The van der Waals surface area contributed by atoms with E-state index in [0.29, 0.717) is 18.0 Å². The van der Waals surface area contributed by atoms with Gasteiger partial charge in [-0.2, -0.15) is 18.2 Å². The molecule has 2 aromatic heterocycles. The molecule has 0 radical (unpaired) electrons. The zero-order chi connectivity index (χ0) is 24.8. The van der Waals surface area contributed by atoms with Gasteiger partial charge in [-0.1, -0.05) is 18.2 Å². The van der Waals surface area contributed by atoms with Crippen molar-refractivity contribution in [3.05, 3.63) is 76.5 Å². The number of alkyl halides is 3. The van der Waals surface area contributed by atoms with Gasteiger partial charge in [0, 0.05) is 23.2 Å². The number of rotatable bonds is 9. The van der Waals surface area contributed by atoms with Gasteiger partial charge in [-0.15, -0.1) is 16.4 Å². The molecule has 4 aromatic rings. The number of thiophene rings is 1. The van der Waals surface area contributed by atoms with Gasteiger partial charge in [0.05, 0.1) is 24.3 Å². The fraction of sp³-hybridized carbons (Fsp3) is 0.208. The molecule has 0 saturated carbocycles. The minimum absolute atomic E-state index is 0.00258. The summed E-state index contributed by atoms with van der Waals surface area (Å²) in [5.74, 6) is 0.0254. The number of hydrogen-bond donors (Lipinski definition) is 1. The average molecular weight is 503 g/mol. The first-order valence-electron chi connectivity index (χ1n) is 10.5. The second-order valence-electron chi connectivity index (χ2n) is 7.40. The Balaban J connectivity index is 1.61. The summed E-state index contributed by atoms with van der Waals surface area (Å²) in [6.07, 6.45) is -4.23. The average Bonchev–Trinajstić information content (AvgIpc) is 3.49. The third kappa shape index (κ3) is 6.25. The predicted octanol–water partition coefficient (Wildman–Crippen LogP) is 5.22. The SMILES string of the molecule is COCCOc1nc(-c2cccc(C(F)(F)F)c2)n(-c2ccc(NC(=O)Cc3cccs3)cc2)n1. The number of hydrogen-bond acceptors (Lipinski definition) is 6. The number of halogens is 3. The molecule has 0 atom stereocenters. The van der Waals surface area contributed by atoms with Crippen molar-refractivity contribution in [2.45, 2.75) is 12.6 Å². The van der Waals surface area contributed by atoms with Gasteiger partial charge in [-0.05, 0) is 47.8 Å². The summed E-state index contributed by atoms with van der Waals surface area (Å²) in [7, 11) is 1.52. The summed E-state index contributed by atoms with van der Waals surface area (Å²) in [6, 6.07) is 15.4. The van der Waals surface area contributed by atoms with Crippen molar-refractivity contribution in [1.29, 1.82) is 0 Å². The van der Waals surface area contributed by atoms with Crippen LogP contribution in [0.15, 0.2) is 66.0 Å². The quantitative estimate of drug-likeness (QED) is 0.318. The summed E-state index contributed by atoms with van der Waals surface area (Å²) in [5, 5.41) is 9.06. The van der Waals surface area contributed by atoms with Gasteiger partial charge in [0.15, 0.2) is 5.82 Å². The van der Waals surface area contributed by atoms with E-state index in [9.17, 15) is 18.0 Å². The van der Waals surface area contributed by atoms with E-state index in [1.54, 1.807) is 24.3 Å². The zero-order valence-electron chi connectivity index (χ0n) is 18.6. The van der Waals surface area contributed by atoms with E-state index in [-0.39, 0.29) is 36.3 Å². The molecule has 182 valence electrons. The van der Waals surface area contributed by atoms with Crippen molar-refractivity contribution in [2.75, 3.05) is 25.6 Å². The highest BCUT2D eigenvalue weighted by molar-refractivity contribution is 7.10. The van der Waals surface area contributed by atoms with Crippen LogP contribution in [0.4, 0.5) is 18.9 Å². The van der Waals surface area contributed by atoms with Crippen molar-refractivity contribution in [3.63, 3.8) is 0 Å².